The van der Waals surface area contributed by atoms with Crippen LogP contribution in [-0.4, -0.2) is 96.8 Å². The molecule has 0 aliphatic carbocycles. The van der Waals surface area contributed by atoms with E-state index in [1.807, 2.05) is 0 Å². The molecule has 3 N–H and O–H groups in total. The summed E-state index contributed by atoms with van der Waals surface area (Å²) in [5, 5.41) is 18.9. The number of imidazole rings is 1. The maximum atomic E-state index is 13.6. The molecule has 0 saturated carbocycles. The Morgan fingerprint density at radius 3 is 2.52 bits per heavy atom. The highest BCUT2D eigenvalue weighted by Crippen LogP contribution is 2.36. The zero-order valence-electron chi connectivity index (χ0n) is 23.4. The lowest BCUT2D eigenvalue weighted by Gasteiger charge is -2.36. The average Bonchev–Trinajstić information content (AvgIpc) is 3.71. The summed E-state index contributed by atoms with van der Waals surface area (Å²) in [7, 11) is 1.39. The highest BCUT2D eigenvalue weighted by Gasteiger charge is 2.39. The number of halogens is 4. The third-order valence-corrected chi connectivity index (χ3v) is 7.81. The highest BCUT2D eigenvalue weighted by molar-refractivity contribution is 6.34. The number of aliphatic hydroxyl groups excluding tert-OH is 1. The lowest BCUT2D eigenvalue weighted by molar-refractivity contribution is -0.141. The van der Waals surface area contributed by atoms with Gasteiger partial charge in [-0.2, -0.15) is 18.3 Å². The Labute approximate surface area is 254 Å². The first-order valence-electron chi connectivity index (χ1n) is 13.6. The summed E-state index contributed by atoms with van der Waals surface area (Å²) in [6, 6.07) is 3.89. The van der Waals surface area contributed by atoms with Gasteiger partial charge in [-0.05, 0) is 24.6 Å². The molecule has 0 unspecified atom stereocenters. The number of anilines is 1. The highest BCUT2D eigenvalue weighted by atomic mass is 35.5. The van der Waals surface area contributed by atoms with Crippen LogP contribution < -0.4 is 10.6 Å². The number of piperazine rings is 1. The molecule has 0 spiro atoms. The summed E-state index contributed by atoms with van der Waals surface area (Å²) in [6.45, 7) is 1.47. The molecule has 0 bridgehead atoms. The monoisotopic (exact) mass is 632 g/mol. The van der Waals surface area contributed by atoms with Gasteiger partial charge in [0, 0.05) is 51.7 Å². The summed E-state index contributed by atoms with van der Waals surface area (Å²) in [4.78, 5) is 46.1. The molecule has 44 heavy (non-hydrogen) atoms. The first-order chi connectivity index (χ1) is 20.9. The second-order valence-corrected chi connectivity index (χ2v) is 10.8. The number of alkyl halides is 3. The first kappa shape index (κ1) is 31.0. The van der Waals surface area contributed by atoms with Crippen molar-refractivity contribution in [3.05, 3.63) is 52.7 Å². The largest absolute Gasteiger partial charge is 0.435 e. The van der Waals surface area contributed by atoms with E-state index in [9.17, 15) is 32.7 Å². The SMILES string of the molecule is C#CCn1cc(-c2cnc(C(=O)Nc3ccc(C(=O)N4CCN(C(=O)[C@@H]5C[C@@H](O)CN5)CC4)c(Cl)c3)n2C)c(C(F)(F)F)n1. The Kier molecular flexibility index (Phi) is 8.69. The predicted octanol–water partition coefficient (Wildman–Crippen LogP) is 1.85. The number of carbonyl (C=O) groups is 3. The maximum absolute atomic E-state index is 13.6. The number of β-amino-alcohol motifs (C(OH)–C–C–N with tert-alkyl or cyclic N) is 1. The van der Waals surface area contributed by atoms with Crippen molar-refractivity contribution in [3.8, 4) is 23.6 Å². The van der Waals surface area contributed by atoms with Crippen LogP contribution >= 0.6 is 11.6 Å². The third-order valence-electron chi connectivity index (χ3n) is 7.49. The number of aromatic nitrogens is 4. The van der Waals surface area contributed by atoms with E-state index in [0.717, 1.165) is 17.1 Å². The smallest absolute Gasteiger partial charge is 0.392 e. The van der Waals surface area contributed by atoms with E-state index in [1.54, 1.807) is 9.80 Å². The molecule has 4 heterocycles. The second-order valence-electron chi connectivity index (χ2n) is 10.4. The zero-order chi connectivity index (χ0) is 31.8. The van der Waals surface area contributed by atoms with Gasteiger partial charge in [-0.25, -0.2) is 4.98 Å². The lowest BCUT2D eigenvalue weighted by atomic mass is 10.1. The number of nitrogens with zero attached hydrogens (tertiary/aromatic N) is 6. The van der Waals surface area contributed by atoms with Crippen molar-refractivity contribution in [1.82, 2.24) is 34.4 Å². The van der Waals surface area contributed by atoms with Crippen molar-refractivity contribution in [2.75, 3.05) is 38.0 Å². The van der Waals surface area contributed by atoms with Crippen LogP contribution in [0.2, 0.25) is 5.02 Å². The van der Waals surface area contributed by atoms with Crippen LogP contribution in [-0.2, 0) is 24.6 Å². The first-order valence-corrected chi connectivity index (χ1v) is 14.0. The lowest BCUT2D eigenvalue weighted by Crippen LogP contribution is -2.54. The summed E-state index contributed by atoms with van der Waals surface area (Å²) < 4.78 is 43.1. The van der Waals surface area contributed by atoms with E-state index in [1.165, 1.54) is 29.8 Å². The third kappa shape index (κ3) is 6.28. The minimum Gasteiger partial charge on any atom is -0.392 e. The van der Waals surface area contributed by atoms with Crippen molar-refractivity contribution in [2.24, 2.45) is 7.05 Å². The van der Waals surface area contributed by atoms with Crippen LogP contribution in [0, 0.1) is 12.3 Å². The molecular weight excluding hydrogens is 605 g/mol. The van der Waals surface area contributed by atoms with Gasteiger partial charge in [0.05, 0.1) is 40.2 Å². The quantitative estimate of drug-likeness (QED) is 0.353. The van der Waals surface area contributed by atoms with E-state index in [-0.39, 0.29) is 51.7 Å². The van der Waals surface area contributed by atoms with Crippen molar-refractivity contribution in [1.29, 1.82) is 0 Å². The summed E-state index contributed by atoms with van der Waals surface area (Å²) in [5.41, 5.74) is -1.00. The molecule has 16 heteroatoms. The molecule has 2 fully saturated rings. The fraction of sp³-hybridized carbons (Fsp3) is 0.393. The molecular formula is C28H28ClF3N8O4. The summed E-state index contributed by atoms with van der Waals surface area (Å²) >= 11 is 6.41. The summed E-state index contributed by atoms with van der Waals surface area (Å²) in [6.07, 6.45) is 2.54. The molecule has 12 nitrogen and oxygen atoms in total. The number of carbonyl (C=O) groups excluding carboxylic acids is 3. The Bertz CT molecular complexity index is 1640. The van der Waals surface area contributed by atoms with Crippen LogP contribution in [0.4, 0.5) is 18.9 Å². The second kappa shape index (κ2) is 12.3. The molecule has 2 saturated heterocycles. The van der Waals surface area contributed by atoms with E-state index in [0.29, 0.717) is 39.1 Å². The van der Waals surface area contributed by atoms with Gasteiger partial charge in [-0.15, -0.1) is 6.42 Å². The minimum atomic E-state index is -4.76. The van der Waals surface area contributed by atoms with E-state index >= 15 is 0 Å². The average molecular weight is 633 g/mol. The normalized spacial score (nSPS) is 18.8. The number of nitrogens with one attached hydrogen (secondary N) is 2. The van der Waals surface area contributed by atoms with Gasteiger partial charge in [0.15, 0.2) is 11.5 Å². The predicted molar refractivity (Wildman–Crippen MR) is 153 cm³/mol. The Morgan fingerprint density at radius 2 is 1.91 bits per heavy atom. The Hall–Kier alpha value is -4.39. The van der Waals surface area contributed by atoms with Crippen LogP contribution in [0.1, 0.15) is 33.1 Å². The fourth-order valence-corrected chi connectivity index (χ4v) is 5.50. The van der Waals surface area contributed by atoms with Gasteiger partial charge in [0.2, 0.25) is 5.91 Å². The number of hydrogen-bond acceptors (Lipinski definition) is 7. The number of aliphatic hydroxyl groups is 1. The van der Waals surface area contributed by atoms with Crippen molar-refractivity contribution in [3.63, 3.8) is 0 Å². The number of benzene rings is 1. The van der Waals surface area contributed by atoms with Gasteiger partial charge >= 0.3 is 6.18 Å². The van der Waals surface area contributed by atoms with Crippen LogP contribution in [0.5, 0.6) is 0 Å². The zero-order valence-corrected chi connectivity index (χ0v) is 24.2. The summed E-state index contributed by atoms with van der Waals surface area (Å²) in [5.74, 6) is 0.892. The molecule has 2 atom stereocenters. The molecule has 0 radical (unpaired) electrons. The molecule has 232 valence electrons. The van der Waals surface area contributed by atoms with Gasteiger partial charge < -0.3 is 30.1 Å². The van der Waals surface area contributed by atoms with Gasteiger partial charge in [0.1, 0.15) is 6.54 Å². The molecule has 3 aromatic rings. The van der Waals surface area contributed by atoms with Crippen molar-refractivity contribution >= 4 is 35.0 Å². The maximum Gasteiger partial charge on any atom is 0.435 e. The topological polar surface area (TPSA) is 138 Å². The number of hydrogen-bond donors (Lipinski definition) is 3. The molecule has 2 aromatic heterocycles. The van der Waals surface area contributed by atoms with Crippen molar-refractivity contribution < 1.29 is 32.7 Å². The van der Waals surface area contributed by atoms with E-state index in [2.05, 4.69) is 26.6 Å². The molecule has 5 rings (SSSR count). The Balaban J connectivity index is 1.24. The molecule has 1 aromatic carbocycles. The van der Waals surface area contributed by atoms with E-state index < -0.39 is 29.9 Å². The van der Waals surface area contributed by atoms with Crippen LogP contribution in [0.3, 0.4) is 0 Å². The van der Waals surface area contributed by atoms with Gasteiger partial charge in [-0.1, -0.05) is 17.5 Å². The van der Waals surface area contributed by atoms with Crippen LogP contribution in [0.15, 0.2) is 30.6 Å². The Morgan fingerprint density at radius 1 is 1.20 bits per heavy atom. The van der Waals surface area contributed by atoms with Crippen LogP contribution in [0.25, 0.3) is 11.3 Å². The number of rotatable bonds is 6. The standard InChI is InChI=1S/C28H28ClF3N8O4/c1-3-6-40-15-19(23(36-40)28(30,31)32)22-14-34-24(37(22)2)25(42)35-16-4-5-18(20(29)11-16)26(43)38-7-9-39(10-8-38)27(44)21-12-17(41)13-33-21/h1,4-5,11,14-15,17,21,33,41H,6-10,12-13H2,2H3,(H,35,42)/t17-,21+/m1/s1. The number of terminal acetylenes is 1. The van der Waals surface area contributed by atoms with E-state index in [4.69, 9.17) is 18.0 Å². The minimum absolute atomic E-state index is 0.00335. The molecule has 2 aliphatic rings. The fourth-order valence-electron chi connectivity index (χ4n) is 5.24. The van der Waals surface area contributed by atoms with Crippen molar-refractivity contribution in [2.45, 2.75) is 31.3 Å². The van der Waals surface area contributed by atoms with Gasteiger partial charge in [0.25, 0.3) is 11.8 Å². The number of amides is 3. The molecule has 2 aliphatic heterocycles. The molecule has 3 amide bonds. The van der Waals surface area contributed by atoms with Gasteiger partial charge in [-0.3, -0.25) is 19.1 Å².